The third-order valence-electron chi connectivity index (χ3n) is 3.29. The first-order valence-electron chi connectivity index (χ1n) is 5.65. The molecule has 0 atom stereocenters. The van der Waals surface area contributed by atoms with Crippen LogP contribution >= 0.6 is 0 Å². The van der Waals surface area contributed by atoms with E-state index in [0.717, 1.165) is 24.8 Å². The number of hydrogen-bond acceptors (Lipinski definition) is 2. The van der Waals surface area contributed by atoms with Gasteiger partial charge in [-0.2, -0.15) is 5.10 Å². The molecule has 1 aliphatic carbocycles. The minimum absolute atomic E-state index is 0.241. The Morgan fingerprint density at radius 3 is 3.06 bits per heavy atom. The van der Waals surface area contributed by atoms with E-state index in [2.05, 4.69) is 16.3 Å². The molecule has 0 fully saturated rings. The summed E-state index contributed by atoms with van der Waals surface area (Å²) in [7, 11) is 0. The first-order valence-corrected chi connectivity index (χ1v) is 5.65. The molecule has 1 heterocycles. The van der Waals surface area contributed by atoms with Gasteiger partial charge in [-0.15, -0.1) is 0 Å². The molecule has 0 unspecified atom stereocenters. The molecule has 2 aromatic rings. The lowest BCUT2D eigenvalue weighted by Crippen LogP contribution is -1.98. The number of H-pyrrole nitrogens is 1. The van der Waals surface area contributed by atoms with Crippen molar-refractivity contribution in [2.24, 2.45) is 0 Å². The van der Waals surface area contributed by atoms with E-state index in [9.17, 15) is 4.79 Å². The van der Waals surface area contributed by atoms with Crippen molar-refractivity contribution in [2.75, 3.05) is 0 Å². The van der Waals surface area contributed by atoms with Gasteiger partial charge < -0.3 is 5.11 Å². The summed E-state index contributed by atoms with van der Waals surface area (Å²) in [5, 5.41) is 15.7. The van der Waals surface area contributed by atoms with Crippen LogP contribution in [0, 0.1) is 0 Å². The summed E-state index contributed by atoms with van der Waals surface area (Å²) in [4.78, 5) is 11.1. The van der Waals surface area contributed by atoms with Gasteiger partial charge in [0.05, 0.1) is 11.9 Å². The molecule has 0 saturated carbocycles. The second kappa shape index (κ2) is 3.73. The molecule has 4 heteroatoms. The van der Waals surface area contributed by atoms with Crippen LogP contribution in [0.15, 0.2) is 24.4 Å². The summed E-state index contributed by atoms with van der Waals surface area (Å²) < 4.78 is 0. The predicted octanol–water partition coefficient (Wildman–Crippen LogP) is 2.26. The Morgan fingerprint density at radius 1 is 1.35 bits per heavy atom. The van der Waals surface area contributed by atoms with Gasteiger partial charge in [-0.05, 0) is 30.4 Å². The minimum atomic E-state index is -0.940. The Morgan fingerprint density at radius 2 is 2.24 bits per heavy atom. The van der Waals surface area contributed by atoms with Crippen molar-refractivity contribution in [1.29, 1.82) is 0 Å². The molecule has 17 heavy (non-hydrogen) atoms. The van der Waals surface area contributed by atoms with Crippen LogP contribution in [0.1, 0.15) is 27.9 Å². The number of nitrogens with one attached hydrogen (secondary N) is 1. The van der Waals surface area contributed by atoms with E-state index < -0.39 is 5.97 Å². The fraction of sp³-hybridized carbons (Fsp3) is 0.231. The third kappa shape index (κ3) is 1.53. The number of rotatable bonds is 2. The fourth-order valence-electron chi connectivity index (χ4n) is 2.51. The summed E-state index contributed by atoms with van der Waals surface area (Å²) >= 11 is 0. The number of aryl methyl sites for hydroxylation is 1. The van der Waals surface area contributed by atoms with Crippen LogP contribution in [0.2, 0.25) is 0 Å². The molecule has 3 rings (SSSR count). The van der Waals surface area contributed by atoms with Gasteiger partial charge in [0.25, 0.3) is 0 Å². The number of benzene rings is 1. The van der Waals surface area contributed by atoms with Gasteiger partial charge in [-0.25, -0.2) is 4.79 Å². The molecule has 0 radical (unpaired) electrons. The minimum Gasteiger partial charge on any atom is -0.478 e. The molecule has 0 spiro atoms. The highest BCUT2D eigenvalue weighted by atomic mass is 16.4. The number of carbonyl (C=O) groups is 1. The number of aromatic amines is 1. The van der Waals surface area contributed by atoms with Crippen molar-refractivity contribution in [3.63, 3.8) is 0 Å². The van der Waals surface area contributed by atoms with E-state index in [-0.39, 0.29) is 5.56 Å². The quantitative estimate of drug-likeness (QED) is 0.828. The first-order chi connectivity index (χ1) is 8.27. The average molecular weight is 228 g/mol. The van der Waals surface area contributed by atoms with Gasteiger partial charge in [-0.1, -0.05) is 18.2 Å². The Labute approximate surface area is 98.3 Å². The average Bonchev–Trinajstić information content (AvgIpc) is 2.97. The molecular formula is C13H12N2O2. The molecule has 86 valence electrons. The first kappa shape index (κ1) is 10.1. The molecule has 0 amide bonds. The number of nitrogens with zero attached hydrogens (tertiary/aromatic N) is 1. The second-order valence-corrected chi connectivity index (χ2v) is 4.26. The molecule has 0 saturated heterocycles. The Balaban J connectivity index is 2.19. The van der Waals surface area contributed by atoms with Crippen LogP contribution in [0.3, 0.4) is 0 Å². The van der Waals surface area contributed by atoms with Crippen molar-refractivity contribution in [3.05, 3.63) is 41.1 Å². The van der Waals surface area contributed by atoms with Gasteiger partial charge in [0, 0.05) is 5.56 Å². The lowest BCUT2D eigenvalue weighted by Gasteiger charge is -2.07. The van der Waals surface area contributed by atoms with Crippen molar-refractivity contribution >= 4 is 5.97 Å². The largest absolute Gasteiger partial charge is 0.478 e. The number of carboxylic acid groups (broad SMARTS) is 1. The Kier molecular flexibility index (Phi) is 2.21. The van der Waals surface area contributed by atoms with Gasteiger partial charge in [-0.3, -0.25) is 5.10 Å². The molecule has 0 bridgehead atoms. The molecule has 1 aromatic carbocycles. The zero-order valence-electron chi connectivity index (χ0n) is 9.23. The topological polar surface area (TPSA) is 66.0 Å². The smallest absolute Gasteiger partial charge is 0.339 e. The van der Waals surface area contributed by atoms with Gasteiger partial charge in [0.2, 0.25) is 0 Å². The zero-order chi connectivity index (χ0) is 11.8. The van der Waals surface area contributed by atoms with Gasteiger partial charge in [0.15, 0.2) is 0 Å². The van der Waals surface area contributed by atoms with Gasteiger partial charge in [0.1, 0.15) is 5.56 Å². The summed E-state index contributed by atoms with van der Waals surface area (Å²) in [5.74, 6) is -0.940. The van der Waals surface area contributed by atoms with E-state index in [1.807, 2.05) is 12.1 Å². The second-order valence-electron chi connectivity index (χ2n) is 4.26. The zero-order valence-corrected chi connectivity index (χ0v) is 9.23. The Bertz CT molecular complexity index is 587. The standard InChI is InChI=1S/C13H12N2O2/c16-13(17)11-7-14-15-12(11)10-6-2-4-8-3-1-5-9(8)10/h2,4,6-7H,1,3,5H2,(H,14,15)(H,16,17). The SMILES string of the molecule is O=C(O)c1cn[nH]c1-c1cccc2c1CCC2. The number of aromatic carboxylic acids is 1. The summed E-state index contributed by atoms with van der Waals surface area (Å²) in [6.45, 7) is 0. The van der Waals surface area contributed by atoms with E-state index in [4.69, 9.17) is 5.11 Å². The molecule has 4 nitrogen and oxygen atoms in total. The van der Waals surface area contributed by atoms with E-state index in [1.165, 1.54) is 17.3 Å². The van der Waals surface area contributed by atoms with E-state index >= 15 is 0 Å². The van der Waals surface area contributed by atoms with Crippen molar-refractivity contribution in [3.8, 4) is 11.3 Å². The van der Waals surface area contributed by atoms with Crippen molar-refractivity contribution in [2.45, 2.75) is 19.3 Å². The highest BCUT2D eigenvalue weighted by Crippen LogP contribution is 2.32. The fourth-order valence-corrected chi connectivity index (χ4v) is 2.51. The number of fused-ring (bicyclic) bond motifs is 1. The highest BCUT2D eigenvalue weighted by molar-refractivity contribution is 5.95. The lowest BCUT2D eigenvalue weighted by atomic mass is 9.99. The maximum Gasteiger partial charge on any atom is 0.339 e. The van der Waals surface area contributed by atoms with Crippen LogP contribution in [-0.4, -0.2) is 21.3 Å². The molecule has 0 aliphatic heterocycles. The van der Waals surface area contributed by atoms with E-state index in [0.29, 0.717) is 5.69 Å². The summed E-state index contributed by atoms with van der Waals surface area (Å²) in [6.07, 6.45) is 4.61. The molecular weight excluding hydrogens is 216 g/mol. The molecule has 1 aliphatic rings. The lowest BCUT2D eigenvalue weighted by molar-refractivity contribution is 0.0698. The van der Waals surface area contributed by atoms with Crippen LogP contribution in [0.5, 0.6) is 0 Å². The Hall–Kier alpha value is -2.10. The number of hydrogen-bond donors (Lipinski definition) is 2. The maximum absolute atomic E-state index is 11.1. The van der Waals surface area contributed by atoms with E-state index in [1.54, 1.807) is 0 Å². The van der Waals surface area contributed by atoms with Crippen LogP contribution in [0.25, 0.3) is 11.3 Å². The highest BCUT2D eigenvalue weighted by Gasteiger charge is 2.20. The molecule has 1 aromatic heterocycles. The summed E-state index contributed by atoms with van der Waals surface area (Å²) in [5.41, 5.74) is 4.43. The third-order valence-corrected chi connectivity index (χ3v) is 3.29. The van der Waals surface area contributed by atoms with Crippen molar-refractivity contribution < 1.29 is 9.90 Å². The maximum atomic E-state index is 11.1. The predicted molar refractivity (Wildman–Crippen MR) is 63.0 cm³/mol. The number of aromatic nitrogens is 2. The van der Waals surface area contributed by atoms with Crippen LogP contribution in [0.4, 0.5) is 0 Å². The van der Waals surface area contributed by atoms with Crippen LogP contribution < -0.4 is 0 Å². The number of carboxylic acids is 1. The van der Waals surface area contributed by atoms with Gasteiger partial charge >= 0.3 is 5.97 Å². The van der Waals surface area contributed by atoms with Crippen LogP contribution in [-0.2, 0) is 12.8 Å². The molecule has 2 N–H and O–H groups in total. The normalized spacial score (nSPS) is 13.6. The monoisotopic (exact) mass is 228 g/mol. The van der Waals surface area contributed by atoms with Crippen molar-refractivity contribution in [1.82, 2.24) is 10.2 Å². The summed E-state index contributed by atoms with van der Waals surface area (Å²) in [6, 6.07) is 6.05.